The van der Waals surface area contributed by atoms with E-state index >= 15 is 0 Å². The number of rotatable bonds is 5. The molecule has 9 aromatic carbocycles. The molecule has 0 unspecified atom stereocenters. The number of nitrogens with zero attached hydrogens (tertiary/aromatic N) is 4. The van der Waals surface area contributed by atoms with Gasteiger partial charge in [0.1, 0.15) is 0 Å². The molecule has 0 saturated heterocycles. The minimum Gasteiger partial charge on any atom is -0.309 e. The van der Waals surface area contributed by atoms with Crippen LogP contribution < -0.4 is 0 Å². The summed E-state index contributed by atoms with van der Waals surface area (Å²) in [6, 6.07) is 65.8. The molecule has 0 bridgehead atoms. The van der Waals surface area contributed by atoms with Crippen LogP contribution in [0.1, 0.15) is 51.7 Å². The van der Waals surface area contributed by atoms with Crippen molar-refractivity contribution in [2.24, 2.45) is 0 Å². The monoisotopic (exact) mass is 810 g/mol. The summed E-state index contributed by atoms with van der Waals surface area (Å²) in [5, 5.41) is 9.60. The Morgan fingerprint density at radius 2 is 0.937 bits per heavy atom. The van der Waals surface area contributed by atoms with E-state index in [1.54, 1.807) is 0 Å². The van der Waals surface area contributed by atoms with Crippen LogP contribution in [0.2, 0.25) is 0 Å². The van der Waals surface area contributed by atoms with Crippen LogP contribution in [0.3, 0.4) is 0 Å². The Kier molecular flexibility index (Phi) is 8.33. The predicted octanol–water partition coefficient (Wildman–Crippen LogP) is 15.4. The highest BCUT2D eigenvalue weighted by atomic mass is 15.0. The van der Waals surface area contributed by atoms with Crippen molar-refractivity contribution in [2.75, 3.05) is 0 Å². The average molecular weight is 811 g/mol. The molecule has 1 aliphatic carbocycles. The molecule has 0 spiro atoms. The van der Waals surface area contributed by atoms with Crippen LogP contribution in [-0.4, -0.2) is 19.5 Å². The van der Waals surface area contributed by atoms with E-state index in [2.05, 4.69) is 214 Å². The smallest absolute Gasteiger partial charge is 0.164 e. The van der Waals surface area contributed by atoms with Crippen LogP contribution in [0, 0.1) is 0 Å². The zero-order valence-electron chi connectivity index (χ0n) is 36.0. The maximum atomic E-state index is 5.31. The number of hydrogen-bond acceptors (Lipinski definition) is 3. The SMILES string of the molecule is CC1(C)CCC(C)(C)c2cc3c(cc21)c1ccccc1n3-c1ccc(-c2nc(-c3ccc(-c4cccc5ccccc45)cc3)nc(-c3ccc4ccccc4c3)n2)c2ccccc12. The Hall–Kier alpha value is -7.43. The van der Waals surface area contributed by atoms with E-state index in [0.717, 1.165) is 44.1 Å². The van der Waals surface area contributed by atoms with Gasteiger partial charge in [0.05, 0.1) is 16.7 Å². The summed E-state index contributed by atoms with van der Waals surface area (Å²) in [7, 11) is 0. The van der Waals surface area contributed by atoms with Gasteiger partial charge in [-0.15, -0.1) is 0 Å². The van der Waals surface area contributed by atoms with E-state index in [4.69, 9.17) is 15.0 Å². The van der Waals surface area contributed by atoms with E-state index in [9.17, 15) is 0 Å². The summed E-state index contributed by atoms with van der Waals surface area (Å²) < 4.78 is 2.49. The molecule has 4 nitrogen and oxygen atoms in total. The van der Waals surface area contributed by atoms with Crippen molar-refractivity contribution in [1.82, 2.24) is 19.5 Å². The van der Waals surface area contributed by atoms with Crippen LogP contribution in [0.4, 0.5) is 0 Å². The largest absolute Gasteiger partial charge is 0.309 e. The summed E-state index contributed by atoms with van der Waals surface area (Å²) in [6.07, 6.45) is 2.35. The Morgan fingerprint density at radius 3 is 1.71 bits per heavy atom. The van der Waals surface area contributed by atoms with Crippen LogP contribution in [0.15, 0.2) is 182 Å². The summed E-state index contributed by atoms with van der Waals surface area (Å²) in [4.78, 5) is 15.8. The predicted molar refractivity (Wildman–Crippen MR) is 264 cm³/mol. The Labute approximate surface area is 367 Å². The van der Waals surface area contributed by atoms with Crippen LogP contribution in [0.25, 0.3) is 105 Å². The molecule has 0 N–H and O–H groups in total. The third-order valence-electron chi connectivity index (χ3n) is 13.9. The molecular weight excluding hydrogens is 765 g/mol. The quantitative estimate of drug-likeness (QED) is 0.174. The van der Waals surface area contributed by atoms with Crippen LogP contribution in [-0.2, 0) is 10.8 Å². The lowest BCUT2D eigenvalue weighted by Gasteiger charge is -2.42. The van der Waals surface area contributed by atoms with E-state index in [0.29, 0.717) is 17.5 Å². The maximum Gasteiger partial charge on any atom is 0.164 e. The minimum absolute atomic E-state index is 0.0850. The highest BCUT2D eigenvalue weighted by Gasteiger charge is 2.38. The van der Waals surface area contributed by atoms with Gasteiger partial charge in [0.15, 0.2) is 17.5 Å². The molecule has 302 valence electrons. The van der Waals surface area contributed by atoms with Crippen molar-refractivity contribution < 1.29 is 0 Å². The molecular formula is C59H46N4. The first kappa shape index (κ1) is 37.3. The lowest BCUT2D eigenvalue weighted by atomic mass is 9.63. The molecule has 0 radical (unpaired) electrons. The molecule has 0 fully saturated rings. The number of fused-ring (bicyclic) bond motifs is 7. The van der Waals surface area contributed by atoms with Gasteiger partial charge in [-0.25, -0.2) is 15.0 Å². The normalized spacial score (nSPS) is 14.5. The lowest BCUT2D eigenvalue weighted by molar-refractivity contribution is 0.332. The fourth-order valence-electron chi connectivity index (χ4n) is 10.3. The van der Waals surface area contributed by atoms with Gasteiger partial charge in [-0.05, 0) is 109 Å². The average Bonchev–Trinajstić information content (AvgIpc) is 3.65. The van der Waals surface area contributed by atoms with Crippen molar-refractivity contribution >= 4 is 54.1 Å². The Bertz CT molecular complexity index is 3620. The minimum atomic E-state index is 0.0850. The second-order valence-corrected chi connectivity index (χ2v) is 18.7. The van der Waals surface area contributed by atoms with Gasteiger partial charge >= 0.3 is 0 Å². The topological polar surface area (TPSA) is 43.6 Å². The van der Waals surface area contributed by atoms with Crippen molar-refractivity contribution in [3.63, 3.8) is 0 Å². The highest BCUT2D eigenvalue weighted by molar-refractivity contribution is 6.12. The van der Waals surface area contributed by atoms with Crippen molar-refractivity contribution in [3.05, 3.63) is 193 Å². The van der Waals surface area contributed by atoms with Crippen molar-refractivity contribution in [2.45, 2.75) is 51.4 Å². The number of benzene rings is 9. The molecule has 63 heavy (non-hydrogen) atoms. The van der Waals surface area contributed by atoms with Gasteiger partial charge in [0.25, 0.3) is 0 Å². The molecule has 2 heterocycles. The molecule has 0 amide bonds. The summed E-state index contributed by atoms with van der Waals surface area (Å²) in [5.74, 6) is 1.92. The van der Waals surface area contributed by atoms with Gasteiger partial charge in [0.2, 0.25) is 0 Å². The number of aromatic nitrogens is 4. The molecule has 0 saturated carbocycles. The van der Waals surface area contributed by atoms with E-state index < -0.39 is 0 Å². The first-order chi connectivity index (χ1) is 30.7. The molecule has 0 aliphatic heterocycles. The van der Waals surface area contributed by atoms with Crippen molar-refractivity contribution in [3.8, 4) is 51.0 Å². The summed E-state index contributed by atoms with van der Waals surface area (Å²) in [6.45, 7) is 9.66. The third-order valence-corrected chi connectivity index (χ3v) is 13.9. The second kappa shape index (κ2) is 14.1. The van der Waals surface area contributed by atoms with Gasteiger partial charge < -0.3 is 4.57 Å². The third kappa shape index (κ3) is 6.07. The fourth-order valence-corrected chi connectivity index (χ4v) is 10.3. The Balaban J connectivity index is 1.05. The summed E-state index contributed by atoms with van der Waals surface area (Å²) in [5.41, 5.74) is 11.9. The number of hydrogen-bond donors (Lipinski definition) is 0. The maximum absolute atomic E-state index is 5.31. The zero-order chi connectivity index (χ0) is 42.5. The van der Waals surface area contributed by atoms with Gasteiger partial charge in [0, 0.05) is 32.8 Å². The van der Waals surface area contributed by atoms with Crippen molar-refractivity contribution in [1.29, 1.82) is 0 Å². The van der Waals surface area contributed by atoms with Crippen LogP contribution in [0.5, 0.6) is 0 Å². The lowest BCUT2D eigenvalue weighted by Crippen LogP contribution is -2.33. The first-order valence-corrected chi connectivity index (χ1v) is 22.1. The molecule has 12 rings (SSSR count). The molecule has 0 atom stereocenters. The van der Waals surface area contributed by atoms with E-state index in [1.807, 2.05) is 0 Å². The molecule has 11 aromatic rings. The van der Waals surface area contributed by atoms with E-state index in [-0.39, 0.29) is 10.8 Å². The summed E-state index contributed by atoms with van der Waals surface area (Å²) >= 11 is 0. The first-order valence-electron chi connectivity index (χ1n) is 22.1. The van der Waals surface area contributed by atoms with Gasteiger partial charge in [-0.3, -0.25) is 0 Å². The Morgan fingerprint density at radius 1 is 0.365 bits per heavy atom. The van der Waals surface area contributed by atoms with E-state index in [1.165, 1.54) is 67.5 Å². The van der Waals surface area contributed by atoms with Gasteiger partial charge in [-0.2, -0.15) is 0 Å². The zero-order valence-corrected chi connectivity index (χ0v) is 36.0. The van der Waals surface area contributed by atoms with Crippen LogP contribution >= 0.6 is 0 Å². The molecule has 2 aromatic heterocycles. The molecule has 1 aliphatic rings. The van der Waals surface area contributed by atoms with Gasteiger partial charge in [-0.1, -0.05) is 173 Å². The second-order valence-electron chi connectivity index (χ2n) is 18.7. The standard InChI is InChI=1S/C59H46N4/c1-58(2)32-33-59(3,4)51-36-54-49(35-50(51)58)47-21-11-12-23-52(47)63(54)53-31-30-48(45-19-9-10-20-46(45)53)57-61-55(60-56(62-57)42-29-24-37-14-5-6-16-41(37)34-42)40-27-25-39(26-28-40)44-22-13-17-38-15-7-8-18-43(38)44/h5-31,34-36H,32-33H2,1-4H3. The number of para-hydroxylation sites is 1. The fraction of sp³-hybridized carbons (Fsp3) is 0.136. The highest BCUT2D eigenvalue weighted by Crippen LogP contribution is 2.49. The molecule has 4 heteroatoms.